The number of unbranched alkanes of at least 4 members (excludes halogenated alkanes) is 3. The molecule has 0 spiro atoms. The minimum Gasteiger partial charge on any atom is -0.385 e. The van der Waals surface area contributed by atoms with Gasteiger partial charge in [-0.25, -0.2) is 0 Å². The molecule has 7 unspecified atom stereocenters. The lowest BCUT2D eigenvalue weighted by Gasteiger charge is -2.51. The largest absolute Gasteiger partial charge is 0.385 e. The molecule has 7 atom stereocenters. The van der Waals surface area contributed by atoms with E-state index >= 15 is 0 Å². The summed E-state index contributed by atoms with van der Waals surface area (Å²) in [6.07, 6.45) is 12.3. The van der Waals surface area contributed by atoms with Crippen LogP contribution in [0.15, 0.2) is 36.0 Å². The zero-order valence-corrected chi connectivity index (χ0v) is 25.4. The maximum absolute atomic E-state index is 14.2. The fourth-order valence-electron chi connectivity index (χ4n) is 7.02. The van der Waals surface area contributed by atoms with Crippen LogP contribution in [-0.4, -0.2) is 54.0 Å². The molecular formula is C33H50N2O6. The lowest BCUT2D eigenvalue weighted by molar-refractivity contribution is -0.144. The molecule has 3 rings (SSSR count). The highest BCUT2D eigenvalue weighted by Crippen LogP contribution is 2.51. The van der Waals surface area contributed by atoms with Crippen molar-refractivity contribution in [3.05, 3.63) is 36.0 Å². The van der Waals surface area contributed by atoms with Crippen LogP contribution in [0.3, 0.4) is 0 Å². The van der Waals surface area contributed by atoms with Gasteiger partial charge in [-0.3, -0.25) is 24.5 Å². The van der Waals surface area contributed by atoms with E-state index in [2.05, 4.69) is 31.1 Å². The summed E-state index contributed by atoms with van der Waals surface area (Å²) in [5.74, 6) is -4.05. The Kier molecular flexibility index (Phi) is 12.1. The van der Waals surface area contributed by atoms with Crippen LogP contribution >= 0.6 is 0 Å². The molecule has 0 aromatic heterocycles. The predicted octanol–water partition coefficient (Wildman–Crippen LogP) is 4.43. The Morgan fingerprint density at radius 2 is 1.85 bits per heavy atom. The minimum atomic E-state index is -1.37. The van der Waals surface area contributed by atoms with Crippen molar-refractivity contribution in [2.45, 2.75) is 91.1 Å². The van der Waals surface area contributed by atoms with Crippen LogP contribution in [0.25, 0.3) is 0 Å². The maximum atomic E-state index is 14.2. The number of ketones is 1. The van der Waals surface area contributed by atoms with E-state index in [-0.39, 0.29) is 35.3 Å². The molecule has 228 valence electrons. The molecule has 3 aliphatic rings. The molecule has 3 amide bonds. The number of nitrogens with one attached hydrogen (secondary N) is 2. The van der Waals surface area contributed by atoms with Gasteiger partial charge >= 0.3 is 0 Å². The van der Waals surface area contributed by atoms with E-state index < -0.39 is 46.9 Å². The number of imide groups is 1. The van der Waals surface area contributed by atoms with Crippen LogP contribution < -0.4 is 10.6 Å². The number of ether oxygens (including phenoxy) is 1. The van der Waals surface area contributed by atoms with Gasteiger partial charge in [0.05, 0.1) is 11.2 Å². The van der Waals surface area contributed by atoms with Crippen molar-refractivity contribution >= 4 is 23.5 Å². The predicted molar refractivity (Wildman–Crippen MR) is 158 cm³/mol. The van der Waals surface area contributed by atoms with Crippen LogP contribution in [0, 0.1) is 35.5 Å². The first kappa shape index (κ1) is 32.9. The molecule has 8 heteroatoms. The summed E-state index contributed by atoms with van der Waals surface area (Å²) in [7, 11) is 0. The van der Waals surface area contributed by atoms with Crippen LogP contribution in [0.5, 0.6) is 0 Å². The fourth-order valence-corrected chi connectivity index (χ4v) is 7.02. The smallest absolute Gasteiger partial charge is 0.262 e. The third-order valence-corrected chi connectivity index (χ3v) is 9.13. The molecule has 1 heterocycles. The van der Waals surface area contributed by atoms with Crippen molar-refractivity contribution in [2.24, 2.45) is 35.5 Å². The average molecular weight is 571 g/mol. The fraction of sp³-hybridized carbons (Fsp3) is 0.697. The molecule has 0 radical (unpaired) electrons. The lowest BCUT2D eigenvalue weighted by atomic mass is 9.55. The summed E-state index contributed by atoms with van der Waals surface area (Å²) in [6, 6.07) is 0. The Morgan fingerprint density at radius 3 is 2.54 bits per heavy atom. The molecule has 0 aromatic rings. The molecule has 0 aromatic carbocycles. The number of allylic oxidation sites excluding steroid dienone is 2. The molecule has 1 aliphatic heterocycles. The Bertz CT molecular complexity index is 1050. The highest BCUT2D eigenvalue weighted by Gasteiger charge is 2.55. The number of fused-ring (bicyclic) bond motifs is 1. The van der Waals surface area contributed by atoms with E-state index in [1.54, 1.807) is 12.2 Å². The Labute approximate surface area is 245 Å². The number of hydrogen-bond acceptors (Lipinski definition) is 6. The van der Waals surface area contributed by atoms with E-state index in [0.29, 0.717) is 26.0 Å². The van der Waals surface area contributed by atoms with Crippen molar-refractivity contribution in [1.82, 2.24) is 10.6 Å². The topological polar surface area (TPSA) is 122 Å². The molecular weight excluding hydrogens is 520 g/mol. The van der Waals surface area contributed by atoms with Gasteiger partial charge in [0.15, 0.2) is 5.78 Å². The van der Waals surface area contributed by atoms with Gasteiger partial charge in [0.25, 0.3) is 11.8 Å². The number of carbonyl (C=O) groups excluding carboxylic acids is 4. The normalized spacial score (nSPS) is 30.1. The zero-order chi connectivity index (χ0) is 30.2. The monoisotopic (exact) mass is 570 g/mol. The minimum absolute atomic E-state index is 0.0841. The number of aliphatic hydroxyl groups is 1. The van der Waals surface area contributed by atoms with E-state index in [1.165, 1.54) is 0 Å². The van der Waals surface area contributed by atoms with E-state index in [0.717, 1.165) is 45.1 Å². The summed E-state index contributed by atoms with van der Waals surface area (Å²) in [5.41, 5.74) is -1.25. The molecule has 2 aliphatic carbocycles. The summed E-state index contributed by atoms with van der Waals surface area (Å²) < 4.78 is 5.57. The molecule has 41 heavy (non-hydrogen) atoms. The van der Waals surface area contributed by atoms with Gasteiger partial charge in [0.1, 0.15) is 0 Å². The van der Waals surface area contributed by atoms with Crippen molar-refractivity contribution in [1.29, 1.82) is 0 Å². The second kappa shape index (κ2) is 15.1. The lowest BCUT2D eigenvalue weighted by Crippen LogP contribution is -2.56. The quantitative estimate of drug-likeness (QED) is 0.109. The highest BCUT2D eigenvalue weighted by molar-refractivity contribution is 6.33. The Balaban J connectivity index is 1.78. The molecule has 8 nitrogen and oxygen atoms in total. The number of Topliss-reactive ketones (excluding diaryl/α,β-unsaturated/α-hetero) is 1. The molecule has 1 saturated carbocycles. The van der Waals surface area contributed by atoms with Crippen molar-refractivity contribution in [3.8, 4) is 0 Å². The third kappa shape index (κ3) is 7.63. The second-order valence-electron chi connectivity index (χ2n) is 12.3. The first-order valence-corrected chi connectivity index (χ1v) is 15.6. The van der Waals surface area contributed by atoms with Crippen LogP contribution in [0.4, 0.5) is 0 Å². The molecule has 1 fully saturated rings. The highest BCUT2D eigenvalue weighted by atomic mass is 16.5. The number of rotatable bonds is 16. The van der Waals surface area contributed by atoms with Crippen LogP contribution in [-0.2, 0) is 23.9 Å². The number of amides is 3. The van der Waals surface area contributed by atoms with Gasteiger partial charge in [-0.2, -0.15) is 0 Å². The van der Waals surface area contributed by atoms with Crippen molar-refractivity contribution in [2.75, 3.05) is 19.8 Å². The van der Waals surface area contributed by atoms with Gasteiger partial charge in [0, 0.05) is 49.0 Å². The molecule has 0 saturated heterocycles. The number of hydrogen-bond donors (Lipinski definition) is 3. The van der Waals surface area contributed by atoms with Gasteiger partial charge < -0.3 is 15.2 Å². The zero-order valence-electron chi connectivity index (χ0n) is 25.4. The van der Waals surface area contributed by atoms with Crippen molar-refractivity contribution in [3.63, 3.8) is 0 Å². The summed E-state index contributed by atoms with van der Waals surface area (Å²) in [4.78, 5) is 53.2. The number of carbonyl (C=O) groups is 4. The molecule has 0 bridgehead atoms. The van der Waals surface area contributed by atoms with Gasteiger partial charge in [-0.15, -0.1) is 6.58 Å². The van der Waals surface area contributed by atoms with Gasteiger partial charge in [-0.1, -0.05) is 71.6 Å². The van der Waals surface area contributed by atoms with Crippen LogP contribution in [0.1, 0.15) is 85.5 Å². The second-order valence-corrected chi connectivity index (χ2v) is 12.3. The third-order valence-electron chi connectivity index (χ3n) is 9.13. The van der Waals surface area contributed by atoms with E-state index in [4.69, 9.17) is 4.74 Å². The van der Waals surface area contributed by atoms with Gasteiger partial charge in [-0.05, 0) is 43.9 Å². The first-order chi connectivity index (χ1) is 19.6. The molecule has 3 N–H and O–H groups in total. The van der Waals surface area contributed by atoms with Gasteiger partial charge in [0.2, 0.25) is 5.91 Å². The van der Waals surface area contributed by atoms with Crippen LogP contribution in [0.2, 0.25) is 0 Å². The Morgan fingerprint density at radius 1 is 1.15 bits per heavy atom. The van der Waals surface area contributed by atoms with Crippen molar-refractivity contribution < 1.29 is 29.0 Å². The maximum Gasteiger partial charge on any atom is 0.262 e. The summed E-state index contributed by atoms with van der Waals surface area (Å²) in [5, 5.41) is 17.2. The summed E-state index contributed by atoms with van der Waals surface area (Å²) >= 11 is 0. The summed E-state index contributed by atoms with van der Waals surface area (Å²) in [6.45, 7) is 13.8. The van der Waals surface area contributed by atoms with E-state index in [1.807, 2.05) is 19.9 Å². The Hall–Kier alpha value is -2.58. The van der Waals surface area contributed by atoms with E-state index in [9.17, 15) is 24.3 Å². The standard InChI is InChI=1S/C33H50N2O6/c1-6-9-11-13-23(8-3)26-27(32(39)35-31(26)38)29(36)25-21(4)14-15-33(40)20-24(19-22(5)28(25)33)30(37)34-16-12-18-41-17-10-7-2/h8,14-15,21-25,28,40H,3,6-7,9-13,16-20H2,1-2,4-5H3,(H,34,37)(H,35,38,39). The SMILES string of the molecule is C=CC(CCCCC)C1=C(C(=O)C2C(C)C=CC3(O)CC(C(=O)NCCCOCCCC)CC(C)C23)C(=O)NC1=O. The first-order valence-electron chi connectivity index (χ1n) is 15.6. The average Bonchev–Trinajstić information content (AvgIpc) is 3.23.